The van der Waals surface area contributed by atoms with Crippen molar-refractivity contribution in [3.63, 3.8) is 0 Å². The second-order valence-electron chi connectivity index (χ2n) is 7.66. The van der Waals surface area contributed by atoms with Gasteiger partial charge < -0.3 is 24.4 Å². The largest absolute Gasteiger partial charge is 0.508 e. The van der Waals surface area contributed by atoms with E-state index in [1.54, 1.807) is 32.0 Å². The first-order chi connectivity index (χ1) is 16.4. The molecule has 0 radical (unpaired) electrons. The molecule has 0 aliphatic carbocycles. The summed E-state index contributed by atoms with van der Waals surface area (Å²) in [5.74, 6) is 0.400. The van der Waals surface area contributed by atoms with E-state index in [0.29, 0.717) is 27.6 Å². The van der Waals surface area contributed by atoms with Crippen LogP contribution in [0.25, 0.3) is 6.08 Å². The molecular formula is C24H20N2O7S. The third kappa shape index (κ3) is 3.61. The number of thiazole rings is 1. The number of ether oxygens (including phenoxy) is 3. The lowest BCUT2D eigenvalue weighted by Gasteiger charge is -2.24. The van der Waals surface area contributed by atoms with Crippen molar-refractivity contribution in [2.24, 2.45) is 4.99 Å². The van der Waals surface area contributed by atoms with E-state index < -0.39 is 17.6 Å². The summed E-state index contributed by atoms with van der Waals surface area (Å²) in [5.41, 5.74) is 1.21. The second-order valence-corrected chi connectivity index (χ2v) is 8.67. The Morgan fingerprint density at radius 3 is 2.82 bits per heavy atom. The fourth-order valence-corrected chi connectivity index (χ4v) is 5.03. The minimum atomic E-state index is -0.801. The van der Waals surface area contributed by atoms with E-state index in [1.165, 1.54) is 28.8 Å². The Hall–Kier alpha value is -4.05. The quantitative estimate of drug-likeness (QED) is 0.433. The third-order valence-corrected chi connectivity index (χ3v) is 6.51. The average Bonchev–Trinajstić information content (AvgIpc) is 3.39. The second kappa shape index (κ2) is 8.38. The van der Waals surface area contributed by atoms with E-state index in [-0.39, 0.29) is 40.6 Å². The van der Waals surface area contributed by atoms with Crippen LogP contribution in [0.5, 0.6) is 23.0 Å². The van der Waals surface area contributed by atoms with Crippen molar-refractivity contribution in [3.8, 4) is 23.0 Å². The summed E-state index contributed by atoms with van der Waals surface area (Å²) >= 11 is 1.12. The Labute approximate surface area is 197 Å². The number of fused-ring (bicyclic) bond motifs is 2. The van der Waals surface area contributed by atoms with Gasteiger partial charge in [-0.1, -0.05) is 17.4 Å². The summed E-state index contributed by atoms with van der Waals surface area (Å²) in [5, 5.41) is 19.9. The molecule has 34 heavy (non-hydrogen) atoms. The van der Waals surface area contributed by atoms with Gasteiger partial charge in [0, 0.05) is 5.56 Å². The number of nitrogens with zero attached hydrogens (tertiary/aromatic N) is 2. The minimum Gasteiger partial charge on any atom is -0.508 e. The molecule has 3 heterocycles. The fraction of sp³-hybridized carbons (Fsp3) is 0.208. The maximum atomic E-state index is 13.6. The third-order valence-electron chi connectivity index (χ3n) is 5.53. The van der Waals surface area contributed by atoms with Gasteiger partial charge in [-0.2, -0.15) is 0 Å². The molecule has 174 valence electrons. The highest BCUT2D eigenvalue weighted by atomic mass is 32.1. The van der Waals surface area contributed by atoms with Crippen molar-refractivity contribution >= 4 is 23.4 Å². The molecule has 0 spiro atoms. The number of hydrogen-bond donors (Lipinski definition) is 2. The highest BCUT2D eigenvalue weighted by Gasteiger charge is 2.34. The first-order valence-electron chi connectivity index (χ1n) is 10.5. The van der Waals surface area contributed by atoms with Crippen LogP contribution >= 0.6 is 11.3 Å². The number of benzene rings is 2. The Kier molecular flexibility index (Phi) is 5.37. The molecule has 3 aromatic rings. The molecule has 0 saturated heterocycles. The van der Waals surface area contributed by atoms with Crippen molar-refractivity contribution in [1.29, 1.82) is 0 Å². The lowest BCUT2D eigenvalue weighted by molar-refractivity contribution is -0.139. The first-order valence-corrected chi connectivity index (χ1v) is 11.3. The van der Waals surface area contributed by atoms with Crippen molar-refractivity contribution in [3.05, 3.63) is 78.5 Å². The van der Waals surface area contributed by atoms with Crippen LogP contribution in [0.3, 0.4) is 0 Å². The van der Waals surface area contributed by atoms with E-state index in [4.69, 9.17) is 14.2 Å². The van der Waals surface area contributed by atoms with Crippen molar-refractivity contribution in [2.75, 3.05) is 13.4 Å². The van der Waals surface area contributed by atoms with Crippen molar-refractivity contribution in [2.45, 2.75) is 19.9 Å². The number of carbonyl (C=O) groups excluding carboxylic acids is 1. The number of rotatable bonds is 4. The van der Waals surface area contributed by atoms with E-state index in [9.17, 15) is 19.8 Å². The Morgan fingerprint density at radius 1 is 1.24 bits per heavy atom. The van der Waals surface area contributed by atoms with Crippen LogP contribution < -0.4 is 24.4 Å². The van der Waals surface area contributed by atoms with Crippen LogP contribution in [0.15, 0.2) is 57.5 Å². The number of phenols is 2. The van der Waals surface area contributed by atoms with Gasteiger partial charge in [0.05, 0.1) is 28.5 Å². The molecule has 0 fully saturated rings. The molecule has 0 saturated carbocycles. The molecule has 1 unspecified atom stereocenters. The van der Waals surface area contributed by atoms with Gasteiger partial charge in [0.15, 0.2) is 16.3 Å². The van der Waals surface area contributed by atoms with Crippen LogP contribution in [0.4, 0.5) is 0 Å². The number of carbonyl (C=O) groups is 1. The normalized spacial score (nSPS) is 16.9. The molecule has 2 N–H and O–H groups in total. The Balaban J connectivity index is 1.74. The minimum absolute atomic E-state index is 0.0458. The zero-order chi connectivity index (χ0) is 24.0. The molecular weight excluding hydrogens is 460 g/mol. The average molecular weight is 480 g/mol. The molecule has 0 bridgehead atoms. The molecule has 2 aliphatic heterocycles. The maximum Gasteiger partial charge on any atom is 0.338 e. The van der Waals surface area contributed by atoms with Crippen LogP contribution in [-0.4, -0.2) is 34.1 Å². The van der Waals surface area contributed by atoms with E-state index in [2.05, 4.69) is 4.99 Å². The number of esters is 1. The van der Waals surface area contributed by atoms with Gasteiger partial charge in [-0.25, -0.2) is 9.79 Å². The topological polar surface area (TPSA) is 120 Å². The molecule has 2 aromatic carbocycles. The fourth-order valence-electron chi connectivity index (χ4n) is 3.99. The van der Waals surface area contributed by atoms with E-state index in [1.807, 2.05) is 0 Å². The summed E-state index contributed by atoms with van der Waals surface area (Å²) in [6, 6.07) is 8.50. The summed E-state index contributed by atoms with van der Waals surface area (Å²) in [7, 11) is 0. The number of hydrogen-bond acceptors (Lipinski definition) is 9. The van der Waals surface area contributed by atoms with Gasteiger partial charge in [0.1, 0.15) is 11.5 Å². The summed E-state index contributed by atoms with van der Waals surface area (Å²) in [4.78, 5) is 31.4. The van der Waals surface area contributed by atoms with Crippen LogP contribution in [-0.2, 0) is 9.53 Å². The lowest BCUT2D eigenvalue weighted by Crippen LogP contribution is -2.39. The molecule has 1 aromatic heterocycles. The predicted octanol–water partition coefficient (Wildman–Crippen LogP) is 1.94. The molecule has 9 nitrogen and oxygen atoms in total. The maximum absolute atomic E-state index is 13.6. The number of aromatic nitrogens is 1. The summed E-state index contributed by atoms with van der Waals surface area (Å²) in [6.07, 6.45) is 1.49. The van der Waals surface area contributed by atoms with Gasteiger partial charge in [0.25, 0.3) is 5.56 Å². The van der Waals surface area contributed by atoms with Crippen LogP contribution in [0.2, 0.25) is 0 Å². The van der Waals surface area contributed by atoms with Crippen LogP contribution in [0.1, 0.15) is 31.0 Å². The molecule has 0 amide bonds. The summed E-state index contributed by atoms with van der Waals surface area (Å²) < 4.78 is 17.9. The smallest absolute Gasteiger partial charge is 0.338 e. The van der Waals surface area contributed by atoms with Gasteiger partial charge in [-0.3, -0.25) is 9.36 Å². The monoisotopic (exact) mass is 480 g/mol. The van der Waals surface area contributed by atoms with Crippen molar-refractivity contribution < 1.29 is 29.2 Å². The van der Waals surface area contributed by atoms with E-state index >= 15 is 0 Å². The van der Waals surface area contributed by atoms with Gasteiger partial charge in [-0.05, 0) is 55.8 Å². The van der Waals surface area contributed by atoms with E-state index in [0.717, 1.165) is 11.3 Å². The van der Waals surface area contributed by atoms with Crippen LogP contribution in [0, 0.1) is 0 Å². The van der Waals surface area contributed by atoms with Gasteiger partial charge >= 0.3 is 5.97 Å². The van der Waals surface area contributed by atoms with Gasteiger partial charge in [0.2, 0.25) is 6.79 Å². The number of aromatic hydroxyl groups is 2. The molecule has 2 aliphatic rings. The van der Waals surface area contributed by atoms with Crippen molar-refractivity contribution in [1.82, 2.24) is 4.57 Å². The summed E-state index contributed by atoms with van der Waals surface area (Å²) in [6.45, 7) is 3.67. The highest BCUT2D eigenvalue weighted by molar-refractivity contribution is 7.07. The highest BCUT2D eigenvalue weighted by Crippen LogP contribution is 2.38. The van der Waals surface area contributed by atoms with Gasteiger partial charge in [-0.15, -0.1) is 0 Å². The standard InChI is InChI=1S/C24H20N2O7S/c1-3-31-23(30)20-12(2)25-24-26(21(20)13-4-7-17-18(9-13)33-11-32-17)22(29)19(34-24)10-14-8-15(27)5-6-16(14)28/h4-10,21,27-28H,3,11H2,1-2H3/b19-10-. The Bertz CT molecular complexity index is 1530. The SMILES string of the molecule is CCOC(=O)C1=C(C)N=c2s/c(=C\c3cc(O)ccc3O)c(=O)n2C1c1ccc2c(c1)OCO2. The Morgan fingerprint density at radius 2 is 2.03 bits per heavy atom. The number of allylic oxidation sites excluding steroid dienone is 1. The zero-order valence-electron chi connectivity index (χ0n) is 18.3. The number of phenolic OH excluding ortho intramolecular Hbond substituents is 2. The zero-order valence-corrected chi connectivity index (χ0v) is 19.1. The predicted molar refractivity (Wildman–Crippen MR) is 123 cm³/mol. The molecule has 5 rings (SSSR count). The lowest BCUT2D eigenvalue weighted by atomic mass is 9.95. The molecule has 1 atom stereocenters. The molecule has 10 heteroatoms. The first kappa shape index (κ1) is 21.8.